The third kappa shape index (κ3) is 17.0. The predicted octanol–water partition coefficient (Wildman–Crippen LogP) is 15.9. The zero-order valence-corrected chi connectivity index (χ0v) is 41.6. The van der Waals surface area contributed by atoms with Crippen molar-refractivity contribution >= 4 is 11.9 Å². The molecule has 8 saturated carbocycles. The molecule has 5 nitrogen and oxygen atoms in total. The zero-order chi connectivity index (χ0) is 43.8. The topological polar surface area (TPSA) is 61.8 Å². The molecule has 0 saturated heterocycles. The summed E-state index contributed by atoms with van der Waals surface area (Å²) in [6.45, 7) is 15.2. The number of hydrogen-bond donors (Lipinski definition) is 0. The van der Waals surface area contributed by atoms with Crippen LogP contribution in [0.5, 0.6) is 0 Å². The van der Waals surface area contributed by atoms with Crippen LogP contribution < -0.4 is 0 Å². The maximum Gasteiger partial charge on any atom is 0.309 e. The first-order chi connectivity index (χ1) is 30.0. The van der Waals surface area contributed by atoms with Crippen molar-refractivity contribution in [3.8, 4) is 0 Å². The molecular weight excluding hydrogens is 765 g/mol. The van der Waals surface area contributed by atoms with Crippen LogP contribution in [0.2, 0.25) is 0 Å². The summed E-state index contributed by atoms with van der Waals surface area (Å²) in [5.41, 5.74) is 0. The molecule has 8 aliphatic rings. The second-order valence-corrected chi connectivity index (χ2v) is 24.2. The van der Waals surface area contributed by atoms with Gasteiger partial charge in [-0.1, -0.05) is 67.2 Å². The van der Waals surface area contributed by atoms with Crippen LogP contribution >= 0.6 is 0 Å². The second kappa shape index (κ2) is 26.3. The van der Waals surface area contributed by atoms with Crippen molar-refractivity contribution in [2.75, 3.05) is 6.61 Å². The summed E-state index contributed by atoms with van der Waals surface area (Å²) in [6, 6.07) is 0. The standard InChI is InChI=1S/C21H36O2.C21H38O.C15H26O2/c1-15-3-7-17(8-4-15)18-9-11-19(12-10-18)21(22)23-20-13-5-16(2)6-14-20;1-16-3-9-19(10-4-16)20-11-7-18(8-12-20)15-22-21-13-5-17(2)6-14-21;1-11-3-7-13(8-4-11)15(16)17-14-9-5-12(2)6-10-14/h15-20H,3-14H2,1-2H3;16-21H,3-15H2,1-2H3;11-14H,3-10H2,1-2H3. The van der Waals surface area contributed by atoms with Gasteiger partial charge in [-0.3, -0.25) is 9.59 Å². The SMILES string of the molecule is CC1CCC(OC(=O)C2CCC(C)CC2)CC1.CC1CCC(OC(=O)C2CCC(C3CCC(C)CC3)CC2)CC1.CC1CCC(OCC2CCC(C3CCC(C)CC3)CC2)CC1. The van der Waals surface area contributed by atoms with Crippen molar-refractivity contribution < 1.29 is 23.8 Å². The van der Waals surface area contributed by atoms with Crippen LogP contribution in [0.25, 0.3) is 0 Å². The van der Waals surface area contributed by atoms with Crippen LogP contribution in [0.1, 0.15) is 247 Å². The van der Waals surface area contributed by atoms with Gasteiger partial charge in [-0.05, 0) is 245 Å². The molecule has 0 spiro atoms. The molecule has 0 unspecified atom stereocenters. The van der Waals surface area contributed by atoms with E-state index in [9.17, 15) is 9.59 Å². The van der Waals surface area contributed by atoms with E-state index in [0.29, 0.717) is 6.10 Å². The highest BCUT2D eigenvalue weighted by Crippen LogP contribution is 2.43. The Hall–Kier alpha value is -1.10. The van der Waals surface area contributed by atoms with Crippen LogP contribution in [0, 0.1) is 76.9 Å². The summed E-state index contributed by atoms with van der Waals surface area (Å²) in [4.78, 5) is 24.5. The van der Waals surface area contributed by atoms with E-state index in [1.165, 1.54) is 154 Å². The number of esters is 2. The van der Waals surface area contributed by atoms with Crippen LogP contribution in [-0.2, 0) is 23.8 Å². The second-order valence-electron chi connectivity index (χ2n) is 24.2. The number of ether oxygens (including phenoxy) is 3. The van der Waals surface area contributed by atoms with Gasteiger partial charge in [0.05, 0.1) is 17.9 Å². The van der Waals surface area contributed by atoms with Crippen LogP contribution in [0.3, 0.4) is 0 Å². The molecule has 0 bridgehead atoms. The first kappa shape index (κ1) is 50.3. The minimum absolute atomic E-state index is 0.0939. The van der Waals surface area contributed by atoms with Crippen molar-refractivity contribution in [1.82, 2.24) is 0 Å². The molecule has 0 N–H and O–H groups in total. The summed E-state index contributed by atoms with van der Waals surface area (Å²) in [5.74, 6) is 10.8. The molecule has 0 aliphatic heterocycles. The van der Waals surface area contributed by atoms with Gasteiger partial charge >= 0.3 is 11.9 Å². The van der Waals surface area contributed by atoms with E-state index in [1.54, 1.807) is 0 Å². The van der Waals surface area contributed by atoms with E-state index in [-0.39, 0.29) is 36.0 Å². The lowest BCUT2D eigenvalue weighted by Crippen LogP contribution is -2.31. The maximum atomic E-state index is 12.5. The molecule has 8 fully saturated rings. The van der Waals surface area contributed by atoms with Crippen LogP contribution in [-0.4, -0.2) is 36.9 Å². The summed E-state index contributed by atoms with van der Waals surface area (Å²) >= 11 is 0. The van der Waals surface area contributed by atoms with Crippen molar-refractivity contribution in [3.05, 3.63) is 0 Å². The highest BCUT2D eigenvalue weighted by molar-refractivity contribution is 5.73. The minimum atomic E-state index is 0.0939. The van der Waals surface area contributed by atoms with Crippen molar-refractivity contribution in [2.45, 2.75) is 265 Å². The molecule has 0 heterocycles. The maximum absolute atomic E-state index is 12.5. The van der Waals surface area contributed by atoms with E-state index in [4.69, 9.17) is 14.2 Å². The molecule has 358 valence electrons. The van der Waals surface area contributed by atoms with Crippen molar-refractivity contribution in [1.29, 1.82) is 0 Å². The van der Waals surface area contributed by atoms with Gasteiger partial charge in [0.1, 0.15) is 12.2 Å². The van der Waals surface area contributed by atoms with Crippen molar-refractivity contribution in [3.63, 3.8) is 0 Å². The molecule has 0 amide bonds. The normalized spacial score (nSPS) is 41.8. The molecule has 0 aromatic rings. The highest BCUT2D eigenvalue weighted by Gasteiger charge is 2.35. The smallest absolute Gasteiger partial charge is 0.309 e. The summed E-state index contributed by atoms with van der Waals surface area (Å²) < 4.78 is 17.8. The van der Waals surface area contributed by atoms with Crippen LogP contribution in [0.15, 0.2) is 0 Å². The fourth-order valence-corrected chi connectivity index (χ4v) is 13.5. The van der Waals surface area contributed by atoms with Gasteiger partial charge in [0.25, 0.3) is 0 Å². The molecule has 62 heavy (non-hydrogen) atoms. The fraction of sp³-hybridized carbons (Fsp3) is 0.965. The molecule has 5 heteroatoms. The first-order valence-electron chi connectivity index (χ1n) is 28.0. The molecule has 0 atom stereocenters. The molecule has 0 radical (unpaired) electrons. The third-order valence-electron chi connectivity index (χ3n) is 18.8. The lowest BCUT2D eigenvalue weighted by Gasteiger charge is -2.37. The average Bonchev–Trinajstić information content (AvgIpc) is 3.29. The Kier molecular flexibility index (Phi) is 21.3. The number of carbonyl (C=O) groups is 2. The minimum Gasteiger partial charge on any atom is -0.462 e. The zero-order valence-electron chi connectivity index (χ0n) is 41.6. The molecular formula is C57H100O5. The van der Waals surface area contributed by atoms with E-state index in [1.807, 2.05) is 0 Å². The Balaban J connectivity index is 0.000000157. The Morgan fingerprint density at radius 3 is 0.887 bits per heavy atom. The van der Waals surface area contributed by atoms with Gasteiger partial charge in [-0.25, -0.2) is 0 Å². The quantitative estimate of drug-likeness (QED) is 0.216. The van der Waals surface area contributed by atoms with Crippen LogP contribution in [0.4, 0.5) is 0 Å². The summed E-state index contributed by atoms with van der Waals surface area (Å²) in [6.07, 6.45) is 42.5. The molecule has 8 rings (SSSR count). The van der Waals surface area contributed by atoms with Gasteiger partial charge in [-0.15, -0.1) is 0 Å². The molecule has 8 aliphatic carbocycles. The Morgan fingerprint density at radius 1 is 0.306 bits per heavy atom. The monoisotopic (exact) mass is 865 g/mol. The Labute approximate surface area is 383 Å². The Morgan fingerprint density at radius 2 is 0.548 bits per heavy atom. The highest BCUT2D eigenvalue weighted by atomic mass is 16.5. The van der Waals surface area contributed by atoms with Gasteiger partial charge < -0.3 is 14.2 Å². The van der Waals surface area contributed by atoms with E-state index >= 15 is 0 Å². The fourth-order valence-electron chi connectivity index (χ4n) is 13.5. The summed E-state index contributed by atoms with van der Waals surface area (Å²) in [7, 11) is 0. The average molecular weight is 865 g/mol. The third-order valence-corrected chi connectivity index (χ3v) is 18.8. The number of rotatable bonds is 9. The first-order valence-corrected chi connectivity index (χ1v) is 28.0. The van der Waals surface area contributed by atoms with Gasteiger partial charge in [0, 0.05) is 6.61 Å². The number of carbonyl (C=O) groups excluding carboxylic acids is 2. The largest absolute Gasteiger partial charge is 0.462 e. The van der Waals surface area contributed by atoms with Crippen molar-refractivity contribution in [2.24, 2.45) is 76.9 Å². The summed E-state index contributed by atoms with van der Waals surface area (Å²) in [5, 5.41) is 0. The van der Waals surface area contributed by atoms with E-state index in [2.05, 4.69) is 41.5 Å². The van der Waals surface area contributed by atoms with Gasteiger partial charge in [0.15, 0.2) is 0 Å². The lowest BCUT2D eigenvalue weighted by molar-refractivity contribution is -0.158. The Bertz CT molecular complexity index is 1220. The predicted molar refractivity (Wildman–Crippen MR) is 257 cm³/mol. The van der Waals surface area contributed by atoms with Gasteiger partial charge in [-0.2, -0.15) is 0 Å². The van der Waals surface area contributed by atoms with Gasteiger partial charge in [0.2, 0.25) is 0 Å². The lowest BCUT2D eigenvalue weighted by atomic mass is 9.69. The molecule has 0 aromatic carbocycles. The number of hydrogen-bond acceptors (Lipinski definition) is 5. The molecule has 0 aromatic heterocycles. The van der Waals surface area contributed by atoms with E-state index in [0.717, 1.165) is 123 Å². The van der Waals surface area contributed by atoms with E-state index < -0.39 is 0 Å².